The molecule has 2 atom stereocenters. The van der Waals surface area contributed by atoms with Crippen molar-refractivity contribution in [2.75, 3.05) is 26.4 Å². The minimum absolute atomic E-state index is 0.0292. The van der Waals surface area contributed by atoms with Crippen LogP contribution in [0.3, 0.4) is 0 Å². The molecule has 132 valence electrons. The van der Waals surface area contributed by atoms with Crippen molar-refractivity contribution in [2.24, 2.45) is 0 Å². The van der Waals surface area contributed by atoms with Gasteiger partial charge in [0.1, 0.15) is 6.10 Å². The number of nitrogens with one attached hydrogen (secondary N) is 2. The molecule has 0 aliphatic carbocycles. The molecule has 3 heterocycles. The summed E-state index contributed by atoms with van der Waals surface area (Å²) >= 11 is 0. The number of hydrogen-bond donors (Lipinski definition) is 2. The van der Waals surface area contributed by atoms with E-state index in [-0.39, 0.29) is 18.2 Å². The molecule has 7 nitrogen and oxygen atoms in total. The van der Waals surface area contributed by atoms with E-state index in [1.54, 1.807) is 0 Å². The predicted octanol–water partition coefficient (Wildman–Crippen LogP) is 1.94. The summed E-state index contributed by atoms with van der Waals surface area (Å²) in [7, 11) is 0. The van der Waals surface area contributed by atoms with Crippen molar-refractivity contribution in [1.29, 1.82) is 0 Å². The topological polar surface area (TPSA) is 77.4 Å². The second kappa shape index (κ2) is 7.81. The van der Waals surface area contributed by atoms with E-state index in [1.807, 2.05) is 23.2 Å². The summed E-state index contributed by atoms with van der Waals surface area (Å²) in [6, 6.07) is 0.125. The zero-order valence-corrected chi connectivity index (χ0v) is 14.3. The van der Waals surface area contributed by atoms with Gasteiger partial charge in [-0.15, -0.1) is 0 Å². The van der Waals surface area contributed by atoms with E-state index < -0.39 is 0 Å². The molecule has 0 radical (unpaired) electrons. The number of hydrogen-bond acceptors (Lipinski definition) is 4. The first kappa shape index (κ1) is 17.0. The molecule has 1 saturated heterocycles. The van der Waals surface area contributed by atoms with Crippen molar-refractivity contribution in [3.05, 3.63) is 29.6 Å². The van der Waals surface area contributed by atoms with E-state index in [4.69, 9.17) is 9.47 Å². The number of urea groups is 1. The highest BCUT2D eigenvalue weighted by atomic mass is 16.5. The SMILES string of the molecule is CC(C)n1cc([C@@H]2OCC[C@H]2NC(=O)NCC2=CCOCC2)cn1. The fourth-order valence-corrected chi connectivity index (χ4v) is 2.99. The zero-order chi connectivity index (χ0) is 16.9. The number of carbonyl (C=O) groups excluding carboxylic acids is 1. The van der Waals surface area contributed by atoms with Gasteiger partial charge in [0, 0.05) is 31.0 Å². The first-order chi connectivity index (χ1) is 11.6. The molecule has 0 bridgehead atoms. The van der Waals surface area contributed by atoms with Gasteiger partial charge >= 0.3 is 6.03 Å². The maximum Gasteiger partial charge on any atom is 0.315 e. The van der Waals surface area contributed by atoms with Crippen LogP contribution in [0, 0.1) is 0 Å². The van der Waals surface area contributed by atoms with Gasteiger partial charge in [-0.1, -0.05) is 11.6 Å². The van der Waals surface area contributed by atoms with Crippen molar-refractivity contribution >= 4 is 6.03 Å². The molecule has 3 rings (SSSR count). The second-order valence-corrected chi connectivity index (χ2v) is 6.55. The standard InChI is InChI=1S/C17H26N4O3/c1-12(2)21-11-14(10-19-21)16-15(5-8-24-16)20-17(22)18-9-13-3-6-23-7-4-13/h3,10-12,15-16H,4-9H2,1-2H3,(H2,18,20,22)/t15-,16+/m1/s1. The van der Waals surface area contributed by atoms with Crippen molar-refractivity contribution in [3.63, 3.8) is 0 Å². The molecular weight excluding hydrogens is 308 g/mol. The van der Waals surface area contributed by atoms with E-state index in [0.29, 0.717) is 25.8 Å². The number of amides is 2. The Morgan fingerprint density at radius 2 is 2.33 bits per heavy atom. The quantitative estimate of drug-likeness (QED) is 0.807. The lowest BCUT2D eigenvalue weighted by Crippen LogP contribution is -2.44. The molecular formula is C17H26N4O3. The molecule has 0 spiro atoms. The third-order valence-corrected chi connectivity index (χ3v) is 4.42. The van der Waals surface area contributed by atoms with Crippen LogP contribution < -0.4 is 10.6 Å². The van der Waals surface area contributed by atoms with Crippen LogP contribution in [-0.4, -0.2) is 48.2 Å². The van der Waals surface area contributed by atoms with E-state index in [1.165, 1.54) is 5.57 Å². The van der Waals surface area contributed by atoms with Crippen molar-refractivity contribution in [2.45, 2.75) is 44.9 Å². The maximum atomic E-state index is 12.2. The zero-order valence-electron chi connectivity index (χ0n) is 14.3. The lowest BCUT2D eigenvalue weighted by Gasteiger charge is -2.20. The molecule has 2 N–H and O–H groups in total. The Balaban J connectivity index is 1.53. The Morgan fingerprint density at radius 3 is 3.04 bits per heavy atom. The molecule has 7 heteroatoms. The second-order valence-electron chi connectivity index (χ2n) is 6.55. The van der Waals surface area contributed by atoms with Crippen molar-refractivity contribution in [3.8, 4) is 0 Å². The van der Waals surface area contributed by atoms with Gasteiger partial charge in [0.05, 0.1) is 25.5 Å². The summed E-state index contributed by atoms with van der Waals surface area (Å²) in [5.41, 5.74) is 2.23. The highest BCUT2D eigenvalue weighted by molar-refractivity contribution is 5.74. The van der Waals surface area contributed by atoms with E-state index >= 15 is 0 Å². The summed E-state index contributed by atoms with van der Waals surface area (Å²) in [5, 5.41) is 10.3. The Labute approximate surface area is 142 Å². The third kappa shape index (κ3) is 4.15. The lowest BCUT2D eigenvalue weighted by molar-refractivity contribution is 0.0998. The molecule has 0 aromatic carbocycles. The minimum atomic E-state index is -0.154. The van der Waals surface area contributed by atoms with Gasteiger partial charge in [-0.05, 0) is 26.7 Å². The van der Waals surface area contributed by atoms with Crippen LogP contribution in [0.2, 0.25) is 0 Å². The fraction of sp³-hybridized carbons (Fsp3) is 0.647. The van der Waals surface area contributed by atoms with Crippen molar-refractivity contribution in [1.82, 2.24) is 20.4 Å². The first-order valence-electron chi connectivity index (χ1n) is 8.59. The van der Waals surface area contributed by atoms with E-state index in [0.717, 1.165) is 25.0 Å². The smallest absolute Gasteiger partial charge is 0.315 e. The number of carbonyl (C=O) groups is 1. The average molecular weight is 334 g/mol. The molecule has 24 heavy (non-hydrogen) atoms. The highest BCUT2D eigenvalue weighted by Crippen LogP contribution is 2.29. The Morgan fingerprint density at radius 1 is 1.46 bits per heavy atom. The maximum absolute atomic E-state index is 12.2. The third-order valence-electron chi connectivity index (χ3n) is 4.42. The Kier molecular flexibility index (Phi) is 5.52. The van der Waals surface area contributed by atoms with Crippen LogP contribution in [0.1, 0.15) is 44.4 Å². The van der Waals surface area contributed by atoms with Crippen LogP contribution in [0.25, 0.3) is 0 Å². The van der Waals surface area contributed by atoms with Gasteiger partial charge in [0.2, 0.25) is 0 Å². The van der Waals surface area contributed by atoms with Crippen LogP contribution in [0.4, 0.5) is 4.79 Å². The molecule has 2 aliphatic heterocycles. The Bertz CT molecular complexity index is 596. The first-order valence-corrected chi connectivity index (χ1v) is 8.59. The highest BCUT2D eigenvalue weighted by Gasteiger charge is 2.32. The van der Waals surface area contributed by atoms with Gasteiger partial charge in [0.15, 0.2) is 0 Å². The van der Waals surface area contributed by atoms with Crippen LogP contribution in [0.15, 0.2) is 24.0 Å². The van der Waals surface area contributed by atoms with Gasteiger partial charge in [0.25, 0.3) is 0 Å². The van der Waals surface area contributed by atoms with Gasteiger partial charge in [-0.2, -0.15) is 5.10 Å². The van der Waals surface area contributed by atoms with Crippen LogP contribution in [-0.2, 0) is 9.47 Å². The average Bonchev–Trinajstić information content (AvgIpc) is 3.22. The monoisotopic (exact) mass is 334 g/mol. The molecule has 1 aromatic heterocycles. The number of nitrogens with zero attached hydrogens (tertiary/aromatic N) is 2. The Hall–Kier alpha value is -1.86. The van der Waals surface area contributed by atoms with Gasteiger partial charge < -0.3 is 20.1 Å². The number of aromatic nitrogens is 2. The van der Waals surface area contributed by atoms with Gasteiger partial charge in [-0.25, -0.2) is 4.79 Å². The summed E-state index contributed by atoms with van der Waals surface area (Å²) in [6.07, 6.45) is 7.41. The molecule has 2 aliphatic rings. The molecule has 0 saturated carbocycles. The summed E-state index contributed by atoms with van der Waals surface area (Å²) < 4.78 is 13.0. The van der Waals surface area contributed by atoms with E-state index in [2.05, 4.69) is 29.6 Å². The largest absolute Gasteiger partial charge is 0.377 e. The van der Waals surface area contributed by atoms with Crippen LogP contribution >= 0.6 is 0 Å². The molecule has 1 aromatic rings. The molecule has 1 fully saturated rings. The summed E-state index contributed by atoms with van der Waals surface area (Å²) in [4.78, 5) is 12.2. The van der Waals surface area contributed by atoms with Gasteiger partial charge in [-0.3, -0.25) is 4.68 Å². The summed E-state index contributed by atoms with van der Waals surface area (Å²) in [5.74, 6) is 0. The van der Waals surface area contributed by atoms with Crippen LogP contribution in [0.5, 0.6) is 0 Å². The molecule has 2 amide bonds. The lowest BCUT2D eigenvalue weighted by atomic mass is 10.1. The molecule has 0 unspecified atom stereocenters. The number of ether oxygens (including phenoxy) is 2. The van der Waals surface area contributed by atoms with E-state index in [9.17, 15) is 4.79 Å². The summed E-state index contributed by atoms with van der Waals surface area (Å²) in [6.45, 7) is 6.75. The van der Waals surface area contributed by atoms with Crippen molar-refractivity contribution < 1.29 is 14.3 Å². The predicted molar refractivity (Wildman–Crippen MR) is 89.8 cm³/mol. The normalized spacial score (nSPS) is 24.0. The minimum Gasteiger partial charge on any atom is -0.377 e. The number of rotatable bonds is 5. The fourth-order valence-electron chi connectivity index (χ4n) is 2.99.